The fraction of sp³-hybridized carbons (Fsp3) is 0.353. The van der Waals surface area contributed by atoms with Gasteiger partial charge < -0.3 is 4.74 Å². The zero-order valence-corrected chi connectivity index (χ0v) is 17.0. The third-order valence-electron chi connectivity index (χ3n) is 3.69. The Kier molecular flexibility index (Phi) is 5.94. The van der Waals surface area contributed by atoms with Crippen molar-refractivity contribution >= 4 is 38.2 Å². The van der Waals surface area contributed by atoms with E-state index in [1.54, 1.807) is 38.1 Å². The number of aryl methyl sites for hydroxylation is 1. The molecule has 0 amide bonds. The topological polar surface area (TPSA) is 94.1 Å². The maximum Gasteiger partial charge on any atom is 0.430 e. The first kappa shape index (κ1) is 21.2. The molecule has 7 nitrogen and oxygen atoms in total. The summed E-state index contributed by atoms with van der Waals surface area (Å²) in [6.45, 7) is 3.23. The molecule has 3 aromatic rings. The Bertz CT molecular complexity index is 1120. The summed E-state index contributed by atoms with van der Waals surface area (Å²) < 4.78 is 72.7. The lowest BCUT2D eigenvalue weighted by molar-refractivity contribution is -0.197. The van der Waals surface area contributed by atoms with Gasteiger partial charge in [-0.25, -0.2) is 23.4 Å². The SMILES string of the molecule is CCCS(=O)(=O)Nc1nc2ccccc2nc1OC(c1cnc(C)s1)C(F)(F)F. The number of benzene rings is 1. The van der Waals surface area contributed by atoms with Crippen molar-refractivity contribution in [2.75, 3.05) is 10.5 Å². The zero-order valence-electron chi connectivity index (χ0n) is 15.4. The van der Waals surface area contributed by atoms with E-state index in [0.29, 0.717) is 16.9 Å². The second-order valence-electron chi connectivity index (χ2n) is 6.11. The van der Waals surface area contributed by atoms with Crippen molar-refractivity contribution in [3.05, 3.63) is 40.3 Å². The number of anilines is 1. The van der Waals surface area contributed by atoms with Crippen LogP contribution in [0.5, 0.6) is 5.88 Å². The highest BCUT2D eigenvalue weighted by molar-refractivity contribution is 7.92. The van der Waals surface area contributed by atoms with Crippen LogP contribution in [0.4, 0.5) is 19.0 Å². The molecule has 0 aliphatic carbocycles. The molecule has 0 bridgehead atoms. The van der Waals surface area contributed by atoms with Gasteiger partial charge in [-0.05, 0) is 25.5 Å². The van der Waals surface area contributed by atoms with Gasteiger partial charge in [-0.2, -0.15) is 13.2 Å². The number of alkyl halides is 3. The number of aromatic nitrogens is 3. The van der Waals surface area contributed by atoms with E-state index in [2.05, 4.69) is 19.7 Å². The van der Waals surface area contributed by atoms with Crippen LogP contribution in [0.15, 0.2) is 30.5 Å². The van der Waals surface area contributed by atoms with Gasteiger partial charge in [0.2, 0.25) is 21.9 Å². The molecule has 1 atom stereocenters. The predicted molar refractivity (Wildman–Crippen MR) is 104 cm³/mol. The molecular weight excluding hydrogens is 429 g/mol. The van der Waals surface area contributed by atoms with E-state index in [1.165, 1.54) is 0 Å². The quantitative estimate of drug-likeness (QED) is 0.584. The number of para-hydroxylation sites is 2. The molecule has 12 heteroatoms. The summed E-state index contributed by atoms with van der Waals surface area (Å²) in [5.41, 5.74) is 0.577. The van der Waals surface area contributed by atoms with E-state index < -0.39 is 34.0 Å². The zero-order chi connectivity index (χ0) is 21.2. The number of nitrogens with one attached hydrogen (secondary N) is 1. The lowest BCUT2D eigenvalue weighted by Crippen LogP contribution is -2.26. The Labute approximate surface area is 169 Å². The molecular formula is C17H17F3N4O3S2. The standard InChI is InChI=1S/C17H17F3N4O3S2/c1-3-8-29(25,26)24-15-16(23-12-7-5-4-6-11(12)22-15)27-14(17(18,19)20)13-9-21-10(2)28-13/h4-7,9,14H,3,8H2,1-2H3,(H,22,24). The monoisotopic (exact) mass is 446 g/mol. The molecule has 0 saturated heterocycles. The van der Waals surface area contributed by atoms with Gasteiger partial charge in [-0.15, -0.1) is 11.3 Å². The number of sulfonamides is 1. The summed E-state index contributed by atoms with van der Waals surface area (Å²) in [6.07, 6.45) is -5.74. The van der Waals surface area contributed by atoms with Gasteiger partial charge in [0.15, 0.2) is 0 Å². The molecule has 2 aromatic heterocycles. The molecule has 0 aliphatic rings. The Balaban J connectivity index is 2.09. The second-order valence-corrected chi connectivity index (χ2v) is 9.22. The number of fused-ring (bicyclic) bond motifs is 1. The minimum atomic E-state index is -4.77. The van der Waals surface area contributed by atoms with E-state index in [9.17, 15) is 21.6 Å². The van der Waals surface area contributed by atoms with E-state index in [-0.39, 0.29) is 16.1 Å². The van der Waals surface area contributed by atoms with Crippen molar-refractivity contribution in [1.29, 1.82) is 0 Å². The summed E-state index contributed by atoms with van der Waals surface area (Å²) in [6, 6.07) is 6.40. The predicted octanol–water partition coefficient (Wildman–Crippen LogP) is 4.23. The summed E-state index contributed by atoms with van der Waals surface area (Å²) in [4.78, 5) is 11.9. The summed E-state index contributed by atoms with van der Waals surface area (Å²) >= 11 is 0.830. The highest BCUT2D eigenvalue weighted by Crippen LogP contribution is 2.40. The van der Waals surface area contributed by atoms with Gasteiger partial charge in [-0.1, -0.05) is 19.1 Å². The van der Waals surface area contributed by atoms with Crippen molar-refractivity contribution in [3.63, 3.8) is 0 Å². The van der Waals surface area contributed by atoms with Crippen LogP contribution in [0.2, 0.25) is 0 Å². The maximum absolute atomic E-state index is 13.7. The van der Waals surface area contributed by atoms with Gasteiger partial charge in [-0.3, -0.25) is 4.72 Å². The van der Waals surface area contributed by atoms with Crippen LogP contribution in [-0.4, -0.2) is 35.3 Å². The van der Waals surface area contributed by atoms with Gasteiger partial charge >= 0.3 is 6.18 Å². The fourth-order valence-electron chi connectivity index (χ4n) is 2.50. The molecule has 156 valence electrons. The largest absolute Gasteiger partial charge is 0.456 e. The first-order chi connectivity index (χ1) is 13.6. The normalized spacial score (nSPS) is 13.4. The molecule has 0 saturated carbocycles. The maximum atomic E-state index is 13.7. The number of halogens is 3. The first-order valence-corrected chi connectivity index (χ1v) is 11.0. The minimum absolute atomic E-state index is 0.174. The Morgan fingerprint density at radius 1 is 1.21 bits per heavy atom. The van der Waals surface area contributed by atoms with Gasteiger partial charge in [0, 0.05) is 6.20 Å². The van der Waals surface area contributed by atoms with E-state index in [1.807, 2.05) is 0 Å². The lowest BCUT2D eigenvalue weighted by Gasteiger charge is -2.21. The van der Waals surface area contributed by atoms with Gasteiger partial charge in [0.05, 0.1) is 26.7 Å². The van der Waals surface area contributed by atoms with Crippen LogP contribution < -0.4 is 9.46 Å². The van der Waals surface area contributed by atoms with Gasteiger partial charge in [0.25, 0.3) is 5.88 Å². The first-order valence-electron chi connectivity index (χ1n) is 8.52. The minimum Gasteiger partial charge on any atom is -0.456 e. The number of thiazole rings is 1. The summed E-state index contributed by atoms with van der Waals surface area (Å²) in [5.74, 6) is -1.18. The molecule has 2 heterocycles. The van der Waals surface area contributed by atoms with Crippen LogP contribution >= 0.6 is 11.3 Å². The number of rotatable bonds is 7. The number of nitrogens with zero attached hydrogens (tertiary/aromatic N) is 3. The van der Waals surface area contributed by atoms with Gasteiger partial charge in [0.1, 0.15) is 0 Å². The molecule has 0 fully saturated rings. The third-order valence-corrected chi connectivity index (χ3v) is 6.09. The van der Waals surface area contributed by atoms with Crippen LogP contribution in [-0.2, 0) is 10.0 Å². The highest BCUT2D eigenvalue weighted by atomic mass is 32.2. The van der Waals surface area contributed by atoms with Crippen LogP contribution in [0, 0.1) is 6.92 Å². The molecule has 0 aliphatic heterocycles. The second kappa shape index (κ2) is 8.11. The number of ether oxygens (including phenoxy) is 1. The molecule has 0 spiro atoms. The van der Waals surface area contributed by atoms with Crippen molar-refractivity contribution in [3.8, 4) is 5.88 Å². The van der Waals surface area contributed by atoms with Crippen molar-refractivity contribution < 1.29 is 26.3 Å². The smallest absolute Gasteiger partial charge is 0.430 e. The average Bonchev–Trinajstić information content (AvgIpc) is 3.04. The van der Waals surface area contributed by atoms with Crippen molar-refractivity contribution in [1.82, 2.24) is 15.0 Å². The van der Waals surface area contributed by atoms with Crippen LogP contribution in [0.1, 0.15) is 29.3 Å². The molecule has 1 N–H and O–H groups in total. The van der Waals surface area contributed by atoms with E-state index in [4.69, 9.17) is 4.74 Å². The highest BCUT2D eigenvalue weighted by Gasteiger charge is 2.45. The number of hydrogen-bond acceptors (Lipinski definition) is 7. The summed E-state index contributed by atoms with van der Waals surface area (Å²) in [7, 11) is -3.83. The van der Waals surface area contributed by atoms with Crippen LogP contribution in [0.25, 0.3) is 11.0 Å². The van der Waals surface area contributed by atoms with E-state index >= 15 is 0 Å². The molecule has 29 heavy (non-hydrogen) atoms. The molecule has 1 unspecified atom stereocenters. The molecule has 3 rings (SSSR count). The average molecular weight is 446 g/mol. The Morgan fingerprint density at radius 3 is 2.41 bits per heavy atom. The Morgan fingerprint density at radius 2 is 1.86 bits per heavy atom. The summed E-state index contributed by atoms with van der Waals surface area (Å²) in [5, 5.41) is 0.436. The van der Waals surface area contributed by atoms with Crippen molar-refractivity contribution in [2.45, 2.75) is 32.5 Å². The number of hydrogen-bond donors (Lipinski definition) is 1. The molecule has 1 aromatic carbocycles. The Hall–Kier alpha value is -2.47. The van der Waals surface area contributed by atoms with E-state index in [0.717, 1.165) is 17.5 Å². The fourth-order valence-corrected chi connectivity index (χ4v) is 4.40. The molecule has 0 radical (unpaired) electrons. The third kappa shape index (κ3) is 5.12. The van der Waals surface area contributed by atoms with Crippen LogP contribution in [0.3, 0.4) is 0 Å². The lowest BCUT2D eigenvalue weighted by atomic mass is 10.3. The van der Waals surface area contributed by atoms with Crippen molar-refractivity contribution in [2.24, 2.45) is 0 Å².